The average Bonchev–Trinajstić information content (AvgIpc) is 2.40. The third-order valence-corrected chi connectivity index (χ3v) is 2.15. The number of nitrogens with zero attached hydrogens (tertiary/aromatic N) is 3. The summed E-state index contributed by atoms with van der Waals surface area (Å²) >= 11 is 0. The summed E-state index contributed by atoms with van der Waals surface area (Å²) in [5.41, 5.74) is 1.09. The van der Waals surface area contributed by atoms with Gasteiger partial charge in [0.25, 0.3) is 0 Å². The highest BCUT2D eigenvalue weighted by atomic mass is 16.5. The molecular formula is C12H10N4O. The Morgan fingerprint density at radius 1 is 1.18 bits per heavy atom. The minimum atomic E-state index is 0.288. The number of benzene rings is 1. The van der Waals surface area contributed by atoms with Crippen LogP contribution in [0.5, 0.6) is 5.75 Å². The molecule has 2 rings (SSSR count). The molecule has 0 fully saturated rings. The number of hydrogen-bond acceptors (Lipinski definition) is 5. The van der Waals surface area contributed by atoms with Gasteiger partial charge < -0.3 is 10.1 Å². The lowest BCUT2D eigenvalue weighted by atomic mass is 10.3. The SMILES string of the molecule is COc1ccccc1Nc1ccc(C#N)nn1. The number of hydrogen-bond donors (Lipinski definition) is 1. The van der Waals surface area contributed by atoms with Crippen molar-refractivity contribution in [2.75, 3.05) is 12.4 Å². The van der Waals surface area contributed by atoms with E-state index in [0.29, 0.717) is 5.82 Å². The summed E-state index contributed by atoms with van der Waals surface area (Å²) in [4.78, 5) is 0. The Kier molecular flexibility index (Phi) is 3.17. The lowest BCUT2D eigenvalue weighted by Crippen LogP contribution is -1.98. The van der Waals surface area contributed by atoms with E-state index in [2.05, 4.69) is 15.5 Å². The Morgan fingerprint density at radius 2 is 2.00 bits per heavy atom. The summed E-state index contributed by atoms with van der Waals surface area (Å²) in [7, 11) is 1.60. The van der Waals surface area contributed by atoms with Crippen LogP contribution in [0.25, 0.3) is 0 Å². The molecule has 0 radical (unpaired) electrons. The highest BCUT2D eigenvalue weighted by molar-refractivity contribution is 5.63. The van der Waals surface area contributed by atoms with Gasteiger partial charge in [0.05, 0.1) is 12.8 Å². The van der Waals surface area contributed by atoms with Gasteiger partial charge in [-0.3, -0.25) is 0 Å². The van der Waals surface area contributed by atoms with Gasteiger partial charge in [0, 0.05) is 0 Å². The molecule has 5 nitrogen and oxygen atoms in total. The number of ether oxygens (including phenoxy) is 1. The molecule has 1 N–H and O–H groups in total. The van der Waals surface area contributed by atoms with Gasteiger partial charge in [0.1, 0.15) is 11.8 Å². The topological polar surface area (TPSA) is 70.8 Å². The van der Waals surface area contributed by atoms with E-state index >= 15 is 0 Å². The number of rotatable bonds is 3. The Morgan fingerprint density at radius 3 is 2.65 bits per heavy atom. The van der Waals surface area contributed by atoms with E-state index in [9.17, 15) is 0 Å². The molecule has 1 heterocycles. The Hall–Kier alpha value is -2.61. The van der Waals surface area contributed by atoms with Crippen LogP contribution in [0.3, 0.4) is 0 Å². The second kappa shape index (κ2) is 4.94. The molecule has 0 aliphatic heterocycles. The lowest BCUT2D eigenvalue weighted by molar-refractivity contribution is 0.417. The van der Waals surface area contributed by atoms with Crippen molar-refractivity contribution in [1.82, 2.24) is 10.2 Å². The van der Waals surface area contributed by atoms with Crippen LogP contribution >= 0.6 is 0 Å². The zero-order valence-corrected chi connectivity index (χ0v) is 9.21. The van der Waals surface area contributed by atoms with Crippen LogP contribution in [0, 0.1) is 11.3 Å². The predicted molar refractivity (Wildman–Crippen MR) is 63.0 cm³/mol. The van der Waals surface area contributed by atoms with E-state index in [4.69, 9.17) is 10.00 Å². The normalized spacial score (nSPS) is 9.41. The van der Waals surface area contributed by atoms with Crippen molar-refractivity contribution in [3.63, 3.8) is 0 Å². The molecule has 0 aliphatic carbocycles. The zero-order chi connectivity index (χ0) is 12.1. The number of para-hydroxylation sites is 2. The average molecular weight is 226 g/mol. The van der Waals surface area contributed by atoms with Crippen LogP contribution in [0.1, 0.15) is 5.69 Å². The lowest BCUT2D eigenvalue weighted by Gasteiger charge is -2.09. The van der Waals surface area contributed by atoms with Crippen LogP contribution in [0.2, 0.25) is 0 Å². The van der Waals surface area contributed by atoms with Crippen molar-refractivity contribution in [3.8, 4) is 11.8 Å². The maximum absolute atomic E-state index is 8.61. The first-order valence-corrected chi connectivity index (χ1v) is 4.97. The fourth-order valence-electron chi connectivity index (χ4n) is 1.34. The highest BCUT2D eigenvalue weighted by Gasteiger charge is 2.03. The summed E-state index contributed by atoms with van der Waals surface area (Å²) in [5.74, 6) is 1.28. The molecule has 0 saturated carbocycles. The molecule has 0 saturated heterocycles. The Labute approximate surface area is 98.7 Å². The zero-order valence-electron chi connectivity index (χ0n) is 9.21. The maximum atomic E-state index is 8.61. The summed E-state index contributed by atoms with van der Waals surface area (Å²) in [6.45, 7) is 0. The number of aromatic nitrogens is 2. The number of anilines is 2. The standard InChI is InChI=1S/C12H10N4O/c1-17-11-5-3-2-4-10(11)14-12-7-6-9(8-13)15-16-12/h2-7H,1H3,(H,14,16). The predicted octanol–water partition coefficient (Wildman–Crippen LogP) is 2.10. The second-order valence-electron chi connectivity index (χ2n) is 3.24. The summed E-state index contributed by atoms with van der Waals surface area (Å²) in [6.07, 6.45) is 0. The van der Waals surface area contributed by atoms with Crippen LogP contribution in [0.4, 0.5) is 11.5 Å². The van der Waals surface area contributed by atoms with E-state index in [1.807, 2.05) is 30.3 Å². The molecule has 0 amide bonds. The molecule has 0 bridgehead atoms. The van der Waals surface area contributed by atoms with Crippen molar-refractivity contribution >= 4 is 11.5 Å². The van der Waals surface area contributed by atoms with E-state index in [1.54, 1.807) is 19.2 Å². The van der Waals surface area contributed by atoms with E-state index in [-0.39, 0.29) is 5.69 Å². The van der Waals surface area contributed by atoms with Gasteiger partial charge in [-0.25, -0.2) is 0 Å². The minimum absolute atomic E-state index is 0.288. The van der Waals surface area contributed by atoms with Crippen molar-refractivity contribution in [2.45, 2.75) is 0 Å². The van der Waals surface area contributed by atoms with Crippen LogP contribution in [-0.2, 0) is 0 Å². The molecule has 2 aromatic rings. The molecule has 0 atom stereocenters. The maximum Gasteiger partial charge on any atom is 0.163 e. The molecule has 17 heavy (non-hydrogen) atoms. The van der Waals surface area contributed by atoms with Gasteiger partial charge in [-0.15, -0.1) is 10.2 Å². The van der Waals surface area contributed by atoms with Crippen molar-refractivity contribution in [3.05, 3.63) is 42.1 Å². The first-order valence-electron chi connectivity index (χ1n) is 4.97. The smallest absolute Gasteiger partial charge is 0.163 e. The third kappa shape index (κ3) is 2.49. The molecular weight excluding hydrogens is 216 g/mol. The fraction of sp³-hybridized carbons (Fsp3) is 0.0833. The second-order valence-corrected chi connectivity index (χ2v) is 3.24. The molecule has 1 aromatic heterocycles. The molecule has 5 heteroatoms. The van der Waals surface area contributed by atoms with Gasteiger partial charge in [0.15, 0.2) is 11.5 Å². The van der Waals surface area contributed by atoms with E-state index in [1.165, 1.54) is 0 Å². The Bertz CT molecular complexity index is 545. The Balaban J connectivity index is 2.22. The van der Waals surface area contributed by atoms with Gasteiger partial charge in [-0.2, -0.15) is 5.26 Å². The van der Waals surface area contributed by atoms with Gasteiger partial charge in [-0.05, 0) is 24.3 Å². The first-order chi connectivity index (χ1) is 8.33. The van der Waals surface area contributed by atoms with E-state index in [0.717, 1.165) is 11.4 Å². The summed E-state index contributed by atoms with van der Waals surface area (Å²) in [6, 6.07) is 12.7. The number of nitrogens with one attached hydrogen (secondary N) is 1. The van der Waals surface area contributed by atoms with Crippen molar-refractivity contribution < 1.29 is 4.74 Å². The van der Waals surface area contributed by atoms with Gasteiger partial charge in [-0.1, -0.05) is 12.1 Å². The quantitative estimate of drug-likeness (QED) is 0.867. The van der Waals surface area contributed by atoms with Gasteiger partial charge >= 0.3 is 0 Å². The molecule has 0 aliphatic rings. The highest BCUT2D eigenvalue weighted by Crippen LogP contribution is 2.25. The summed E-state index contributed by atoms with van der Waals surface area (Å²) in [5, 5.41) is 19.3. The van der Waals surface area contributed by atoms with Crippen molar-refractivity contribution in [1.29, 1.82) is 5.26 Å². The van der Waals surface area contributed by atoms with Crippen LogP contribution in [0.15, 0.2) is 36.4 Å². The molecule has 0 unspecified atom stereocenters. The molecule has 1 aromatic carbocycles. The first kappa shape index (κ1) is 10.9. The van der Waals surface area contributed by atoms with Crippen LogP contribution in [-0.4, -0.2) is 17.3 Å². The number of nitriles is 1. The van der Waals surface area contributed by atoms with Crippen molar-refractivity contribution in [2.24, 2.45) is 0 Å². The van der Waals surface area contributed by atoms with Crippen LogP contribution < -0.4 is 10.1 Å². The van der Waals surface area contributed by atoms with Gasteiger partial charge in [0.2, 0.25) is 0 Å². The third-order valence-electron chi connectivity index (χ3n) is 2.15. The fourth-order valence-corrected chi connectivity index (χ4v) is 1.34. The summed E-state index contributed by atoms with van der Waals surface area (Å²) < 4.78 is 5.20. The minimum Gasteiger partial charge on any atom is -0.495 e. The molecule has 0 spiro atoms. The largest absolute Gasteiger partial charge is 0.495 e. The molecule has 84 valence electrons. The monoisotopic (exact) mass is 226 g/mol. The van der Waals surface area contributed by atoms with E-state index < -0.39 is 0 Å². The number of methoxy groups -OCH3 is 1.